The number of nitrogens with zero attached hydrogens (tertiary/aromatic N) is 3. The summed E-state index contributed by atoms with van der Waals surface area (Å²) in [6.45, 7) is 1.81. The Bertz CT molecular complexity index is 1210. The summed E-state index contributed by atoms with van der Waals surface area (Å²) < 4.78 is 5.70. The molecule has 4 rings (SSSR count). The number of Topliss-reactive ketones (excluding diaryl/α,β-unsaturated/α-hetero) is 1. The van der Waals surface area contributed by atoms with Gasteiger partial charge in [-0.05, 0) is 36.8 Å². The minimum Gasteiger partial charge on any atom is -0.507 e. The number of likely N-dealkylation sites (tertiary alicyclic amines) is 1. The molecule has 156 valence electrons. The summed E-state index contributed by atoms with van der Waals surface area (Å²) in [5.41, 5.74) is 0.360. The number of aromatic nitrogens is 1. The molecule has 1 aliphatic rings. The molecule has 1 amide bonds. The van der Waals surface area contributed by atoms with Gasteiger partial charge in [-0.3, -0.25) is 24.7 Å². The lowest BCUT2D eigenvalue weighted by atomic mass is 9.99. The maximum Gasteiger partial charge on any atom is 0.296 e. The fourth-order valence-electron chi connectivity index (χ4n) is 3.55. The number of furan rings is 1. The van der Waals surface area contributed by atoms with E-state index in [-0.39, 0.29) is 23.4 Å². The van der Waals surface area contributed by atoms with Crippen LogP contribution in [0.25, 0.3) is 5.76 Å². The molecular formula is C22H17N3O6. The summed E-state index contributed by atoms with van der Waals surface area (Å²) in [7, 11) is 0. The number of aryl methyl sites for hydroxylation is 1. The van der Waals surface area contributed by atoms with Crippen LogP contribution in [0.3, 0.4) is 0 Å². The first-order valence-corrected chi connectivity index (χ1v) is 9.35. The van der Waals surface area contributed by atoms with Crippen LogP contribution >= 0.6 is 0 Å². The number of aliphatic hydroxyl groups is 1. The Labute approximate surface area is 176 Å². The summed E-state index contributed by atoms with van der Waals surface area (Å²) in [5, 5.41) is 22.1. The Hall–Kier alpha value is -4.27. The van der Waals surface area contributed by atoms with Crippen molar-refractivity contribution in [3.63, 3.8) is 0 Å². The third-order valence-corrected chi connectivity index (χ3v) is 5.00. The van der Waals surface area contributed by atoms with Gasteiger partial charge in [-0.25, -0.2) is 0 Å². The van der Waals surface area contributed by atoms with E-state index in [4.69, 9.17) is 4.42 Å². The van der Waals surface area contributed by atoms with Crippen molar-refractivity contribution in [2.75, 3.05) is 0 Å². The number of hydrogen-bond acceptors (Lipinski definition) is 7. The molecule has 3 aromatic rings. The summed E-state index contributed by atoms with van der Waals surface area (Å²) in [6, 6.07) is 11.0. The molecule has 0 aliphatic carbocycles. The van der Waals surface area contributed by atoms with Crippen molar-refractivity contribution in [2.45, 2.75) is 19.5 Å². The van der Waals surface area contributed by atoms with Crippen LogP contribution in [-0.4, -0.2) is 31.6 Å². The lowest BCUT2D eigenvalue weighted by Gasteiger charge is -2.23. The number of carbonyl (C=O) groups excluding carboxylic acids is 2. The molecule has 9 nitrogen and oxygen atoms in total. The van der Waals surface area contributed by atoms with E-state index < -0.39 is 28.4 Å². The zero-order valence-corrected chi connectivity index (χ0v) is 16.4. The largest absolute Gasteiger partial charge is 0.507 e. The van der Waals surface area contributed by atoms with Gasteiger partial charge in [0.15, 0.2) is 0 Å². The van der Waals surface area contributed by atoms with Crippen molar-refractivity contribution >= 4 is 23.1 Å². The van der Waals surface area contributed by atoms with Crippen LogP contribution < -0.4 is 0 Å². The molecule has 1 aliphatic heterocycles. The number of non-ortho nitro benzene ring substituents is 1. The van der Waals surface area contributed by atoms with Gasteiger partial charge in [0, 0.05) is 36.6 Å². The first kappa shape index (κ1) is 20.0. The molecule has 1 atom stereocenters. The predicted molar refractivity (Wildman–Crippen MR) is 109 cm³/mol. The van der Waals surface area contributed by atoms with Gasteiger partial charge >= 0.3 is 0 Å². The number of pyridine rings is 1. The van der Waals surface area contributed by atoms with E-state index in [0.29, 0.717) is 11.5 Å². The number of nitro groups is 1. The first-order chi connectivity index (χ1) is 14.9. The highest BCUT2D eigenvalue weighted by molar-refractivity contribution is 6.46. The Morgan fingerprint density at radius 2 is 1.94 bits per heavy atom. The van der Waals surface area contributed by atoms with Crippen LogP contribution in [0.1, 0.15) is 28.7 Å². The van der Waals surface area contributed by atoms with Gasteiger partial charge in [0.05, 0.1) is 10.5 Å². The van der Waals surface area contributed by atoms with Crippen molar-refractivity contribution < 1.29 is 24.0 Å². The molecule has 0 spiro atoms. The molecule has 31 heavy (non-hydrogen) atoms. The number of nitro benzene ring substituents is 1. The minimum atomic E-state index is -0.985. The number of carbonyl (C=O) groups is 2. The van der Waals surface area contributed by atoms with Gasteiger partial charge in [-0.15, -0.1) is 0 Å². The highest BCUT2D eigenvalue weighted by Gasteiger charge is 2.47. The minimum absolute atomic E-state index is 0.0596. The second-order valence-corrected chi connectivity index (χ2v) is 7.04. The van der Waals surface area contributed by atoms with Gasteiger partial charge in [-0.2, -0.15) is 0 Å². The number of hydrogen-bond donors (Lipinski definition) is 1. The number of aliphatic hydroxyl groups excluding tert-OH is 1. The monoisotopic (exact) mass is 419 g/mol. The number of amides is 1. The van der Waals surface area contributed by atoms with Crippen LogP contribution in [-0.2, 0) is 16.1 Å². The van der Waals surface area contributed by atoms with Gasteiger partial charge in [-0.1, -0.05) is 12.1 Å². The first-order valence-electron chi connectivity index (χ1n) is 9.35. The number of rotatable bonds is 5. The Balaban J connectivity index is 1.86. The van der Waals surface area contributed by atoms with Crippen molar-refractivity contribution in [1.82, 2.24) is 9.88 Å². The van der Waals surface area contributed by atoms with E-state index in [2.05, 4.69) is 4.98 Å². The smallest absolute Gasteiger partial charge is 0.296 e. The molecular weight excluding hydrogens is 402 g/mol. The third-order valence-electron chi connectivity index (χ3n) is 5.00. The van der Waals surface area contributed by atoms with Crippen molar-refractivity contribution in [2.24, 2.45) is 0 Å². The van der Waals surface area contributed by atoms with E-state index in [9.17, 15) is 24.8 Å². The summed E-state index contributed by atoms with van der Waals surface area (Å²) in [6.07, 6.45) is 3.14. The fourth-order valence-corrected chi connectivity index (χ4v) is 3.55. The molecule has 1 aromatic carbocycles. The van der Waals surface area contributed by atoms with Crippen molar-refractivity contribution in [3.05, 3.63) is 99.3 Å². The van der Waals surface area contributed by atoms with Crippen LogP contribution in [0.4, 0.5) is 5.69 Å². The second-order valence-electron chi connectivity index (χ2n) is 7.04. The maximum absolute atomic E-state index is 12.9. The summed E-state index contributed by atoms with van der Waals surface area (Å²) in [5.74, 6) is -1.32. The van der Waals surface area contributed by atoms with Gasteiger partial charge < -0.3 is 14.4 Å². The predicted octanol–water partition coefficient (Wildman–Crippen LogP) is 3.51. The van der Waals surface area contributed by atoms with Crippen LogP contribution in [0, 0.1) is 17.0 Å². The van der Waals surface area contributed by atoms with Gasteiger partial charge in [0.1, 0.15) is 23.3 Å². The lowest BCUT2D eigenvalue weighted by molar-refractivity contribution is -0.384. The Morgan fingerprint density at radius 1 is 1.19 bits per heavy atom. The normalized spacial score (nSPS) is 17.8. The fraction of sp³-hybridized carbons (Fsp3) is 0.136. The van der Waals surface area contributed by atoms with Gasteiger partial charge in [0.25, 0.3) is 17.4 Å². The lowest BCUT2D eigenvalue weighted by Crippen LogP contribution is -2.29. The van der Waals surface area contributed by atoms with Crippen molar-refractivity contribution in [1.29, 1.82) is 0 Å². The zero-order valence-electron chi connectivity index (χ0n) is 16.4. The standard InChI is InChI=1S/C22H17N3O6/c1-13-5-6-17(31-13)19-18(20(26)15-3-2-4-16(11-15)25(29)30)21(27)22(28)24(19)12-14-7-9-23-10-8-14/h2-11,19,26H,12H2,1H3/b20-18-. The Morgan fingerprint density at radius 3 is 2.58 bits per heavy atom. The molecule has 0 bridgehead atoms. The second kappa shape index (κ2) is 7.86. The quantitative estimate of drug-likeness (QED) is 0.220. The SMILES string of the molecule is Cc1ccc(C2/C(=C(/O)c3cccc([N+](=O)[O-])c3)C(=O)C(=O)N2Cc2ccncc2)o1. The maximum atomic E-state index is 12.9. The van der Waals surface area contributed by atoms with Crippen molar-refractivity contribution in [3.8, 4) is 0 Å². The van der Waals surface area contributed by atoms with Crippen LogP contribution in [0.2, 0.25) is 0 Å². The highest BCUT2D eigenvalue weighted by atomic mass is 16.6. The molecule has 0 saturated carbocycles. The molecule has 1 unspecified atom stereocenters. The number of benzene rings is 1. The molecule has 1 fully saturated rings. The molecule has 3 heterocycles. The molecule has 9 heteroatoms. The van der Waals surface area contributed by atoms with E-state index in [0.717, 1.165) is 11.6 Å². The van der Waals surface area contributed by atoms with E-state index in [1.54, 1.807) is 43.6 Å². The average molecular weight is 419 g/mol. The molecule has 1 saturated heterocycles. The zero-order chi connectivity index (χ0) is 22.1. The highest BCUT2D eigenvalue weighted by Crippen LogP contribution is 2.41. The molecule has 0 radical (unpaired) electrons. The third kappa shape index (κ3) is 3.68. The van der Waals surface area contributed by atoms with Crippen LogP contribution in [0.15, 0.2) is 70.9 Å². The van der Waals surface area contributed by atoms with E-state index in [1.807, 2.05) is 0 Å². The molecule has 2 aromatic heterocycles. The average Bonchev–Trinajstić information content (AvgIpc) is 3.30. The van der Waals surface area contributed by atoms with E-state index in [1.165, 1.54) is 23.1 Å². The number of ketones is 1. The topological polar surface area (TPSA) is 127 Å². The van der Waals surface area contributed by atoms with Gasteiger partial charge in [0.2, 0.25) is 0 Å². The molecule has 1 N–H and O–H groups in total. The van der Waals surface area contributed by atoms with Crippen LogP contribution in [0.5, 0.6) is 0 Å². The van der Waals surface area contributed by atoms with E-state index >= 15 is 0 Å². The Kier molecular flexibility index (Phi) is 5.08. The summed E-state index contributed by atoms with van der Waals surface area (Å²) in [4.78, 5) is 41.6. The summed E-state index contributed by atoms with van der Waals surface area (Å²) >= 11 is 0.